The van der Waals surface area contributed by atoms with Gasteiger partial charge in [0, 0.05) is 5.56 Å². The third-order valence-electron chi connectivity index (χ3n) is 2.56. The zero-order valence-electron chi connectivity index (χ0n) is 9.85. The lowest BCUT2D eigenvalue weighted by atomic mass is 9.84. The van der Waals surface area contributed by atoms with Crippen LogP contribution in [0, 0.1) is 12.3 Å². The minimum Gasteiger partial charge on any atom is -0.496 e. The van der Waals surface area contributed by atoms with Gasteiger partial charge in [-0.2, -0.15) is 13.2 Å². The van der Waals surface area contributed by atoms with E-state index in [4.69, 9.17) is 11.2 Å². The van der Waals surface area contributed by atoms with Crippen molar-refractivity contribution >= 4 is 0 Å². The second kappa shape index (κ2) is 4.33. The molecule has 1 rings (SSSR count). The fourth-order valence-electron chi connectivity index (χ4n) is 1.45. The summed E-state index contributed by atoms with van der Waals surface area (Å²) in [4.78, 5) is 0. The van der Waals surface area contributed by atoms with E-state index in [1.807, 2.05) is 0 Å². The fourth-order valence-corrected chi connectivity index (χ4v) is 1.45. The molecule has 0 aliphatic rings. The summed E-state index contributed by atoms with van der Waals surface area (Å²) >= 11 is 0. The van der Waals surface area contributed by atoms with Crippen LogP contribution in [0.3, 0.4) is 0 Å². The number of rotatable bonds is 2. The Labute approximate surface area is 98.6 Å². The van der Waals surface area contributed by atoms with Gasteiger partial charge in [-0.25, -0.2) is 0 Å². The first-order valence-corrected chi connectivity index (χ1v) is 4.96. The molecule has 1 aromatic rings. The van der Waals surface area contributed by atoms with Gasteiger partial charge in [-0.15, -0.1) is 6.42 Å². The summed E-state index contributed by atoms with van der Waals surface area (Å²) in [7, 11) is 1.40. The molecule has 0 atom stereocenters. The highest BCUT2D eigenvalue weighted by Gasteiger charge is 2.33. The van der Waals surface area contributed by atoms with Gasteiger partial charge in [-0.3, -0.25) is 0 Å². The first-order chi connectivity index (χ1) is 7.72. The van der Waals surface area contributed by atoms with E-state index in [0.717, 1.165) is 12.1 Å². The van der Waals surface area contributed by atoms with Crippen molar-refractivity contribution in [2.75, 3.05) is 7.11 Å². The second-order valence-electron chi connectivity index (χ2n) is 4.18. The first kappa shape index (κ1) is 13.4. The standard InChI is InChI=1S/C13H13F3O/c1-5-12(2,3)10-8-9(13(14,15)16)6-7-11(10)17-4/h1,6-8H,2-4H3. The number of terminal acetylenes is 1. The van der Waals surface area contributed by atoms with E-state index < -0.39 is 17.2 Å². The molecule has 1 nitrogen and oxygen atoms in total. The zero-order valence-corrected chi connectivity index (χ0v) is 9.85. The van der Waals surface area contributed by atoms with Crippen LogP contribution in [0.15, 0.2) is 18.2 Å². The number of benzene rings is 1. The molecule has 0 aromatic heterocycles. The van der Waals surface area contributed by atoms with Crippen LogP contribution in [-0.2, 0) is 11.6 Å². The van der Waals surface area contributed by atoms with Crippen LogP contribution in [0.2, 0.25) is 0 Å². The monoisotopic (exact) mass is 242 g/mol. The van der Waals surface area contributed by atoms with E-state index in [2.05, 4.69) is 5.92 Å². The van der Waals surface area contributed by atoms with Crippen LogP contribution >= 0.6 is 0 Å². The van der Waals surface area contributed by atoms with E-state index in [9.17, 15) is 13.2 Å². The average molecular weight is 242 g/mol. The molecule has 1 aromatic carbocycles. The molecule has 0 amide bonds. The number of halogens is 3. The minimum absolute atomic E-state index is 0.359. The summed E-state index contributed by atoms with van der Waals surface area (Å²) in [6.45, 7) is 3.34. The van der Waals surface area contributed by atoms with Crippen molar-refractivity contribution in [2.45, 2.75) is 25.4 Å². The second-order valence-corrected chi connectivity index (χ2v) is 4.18. The van der Waals surface area contributed by atoms with Gasteiger partial charge in [0.25, 0.3) is 0 Å². The van der Waals surface area contributed by atoms with Crippen LogP contribution in [0.5, 0.6) is 5.75 Å². The highest BCUT2D eigenvalue weighted by molar-refractivity contribution is 5.46. The predicted octanol–water partition coefficient (Wildman–Crippen LogP) is 3.62. The summed E-state index contributed by atoms with van der Waals surface area (Å²) in [6, 6.07) is 3.31. The maximum absolute atomic E-state index is 12.6. The molecular weight excluding hydrogens is 229 g/mol. The maximum atomic E-state index is 12.6. The summed E-state index contributed by atoms with van der Waals surface area (Å²) in [5.74, 6) is 2.83. The van der Waals surface area contributed by atoms with Crippen LogP contribution in [-0.4, -0.2) is 7.11 Å². The fraction of sp³-hybridized carbons (Fsp3) is 0.385. The normalized spacial score (nSPS) is 12.1. The smallest absolute Gasteiger partial charge is 0.416 e. The van der Waals surface area contributed by atoms with Crippen LogP contribution < -0.4 is 4.74 Å². The molecule has 0 saturated carbocycles. The van der Waals surface area contributed by atoms with Gasteiger partial charge < -0.3 is 4.74 Å². The Morgan fingerprint density at radius 3 is 2.24 bits per heavy atom. The van der Waals surface area contributed by atoms with Crippen LogP contribution in [0.25, 0.3) is 0 Å². The van der Waals surface area contributed by atoms with Crippen molar-refractivity contribution in [3.8, 4) is 18.1 Å². The number of alkyl halides is 3. The summed E-state index contributed by atoms with van der Waals surface area (Å²) in [5, 5.41) is 0. The van der Waals surface area contributed by atoms with Gasteiger partial charge in [0.05, 0.1) is 18.1 Å². The average Bonchev–Trinajstić information content (AvgIpc) is 2.27. The van der Waals surface area contributed by atoms with E-state index in [-0.39, 0.29) is 0 Å². The van der Waals surface area contributed by atoms with Gasteiger partial charge >= 0.3 is 6.18 Å². The summed E-state index contributed by atoms with van der Waals surface area (Å²) in [6.07, 6.45) is 0.951. The predicted molar refractivity (Wildman–Crippen MR) is 59.9 cm³/mol. The Balaban J connectivity index is 3.42. The number of hydrogen-bond acceptors (Lipinski definition) is 1. The molecule has 0 aliphatic carbocycles. The zero-order chi connectivity index (χ0) is 13.3. The Bertz CT molecular complexity index is 453. The summed E-state index contributed by atoms with van der Waals surface area (Å²) < 4.78 is 42.8. The van der Waals surface area contributed by atoms with Gasteiger partial charge in [0.1, 0.15) is 5.75 Å². The molecule has 0 fully saturated rings. The quantitative estimate of drug-likeness (QED) is 0.720. The highest BCUT2D eigenvalue weighted by atomic mass is 19.4. The lowest BCUT2D eigenvalue weighted by Gasteiger charge is -2.22. The Kier molecular flexibility index (Phi) is 3.42. The van der Waals surface area contributed by atoms with E-state index in [1.165, 1.54) is 13.2 Å². The lowest BCUT2D eigenvalue weighted by molar-refractivity contribution is -0.137. The molecule has 0 radical (unpaired) electrons. The minimum atomic E-state index is -4.38. The van der Waals surface area contributed by atoms with Crippen molar-refractivity contribution in [1.82, 2.24) is 0 Å². The van der Waals surface area contributed by atoms with Crippen molar-refractivity contribution in [3.63, 3.8) is 0 Å². The molecule has 0 spiro atoms. The van der Waals surface area contributed by atoms with Crippen LogP contribution in [0.1, 0.15) is 25.0 Å². The third kappa shape index (κ3) is 2.73. The molecule has 0 saturated heterocycles. The Hall–Kier alpha value is -1.63. The van der Waals surface area contributed by atoms with Crippen molar-refractivity contribution in [1.29, 1.82) is 0 Å². The number of methoxy groups -OCH3 is 1. The molecule has 92 valence electrons. The topological polar surface area (TPSA) is 9.23 Å². The van der Waals surface area contributed by atoms with Crippen molar-refractivity contribution < 1.29 is 17.9 Å². The molecule has 4 heteroatoms. The largest absolute Gasteiger partial charge is 0.496 e. The van der Waals surface area contributed by atoms with Crippen LogP contribution in [0.4, 0.5) is 13.2 Å². The lowest BCUT2D eigenvalue weighted by Crippen LogP contribution is -2.17. The molecule has 0 N–H and O–H groups in total. The Morgan fingerprint density at radius 1 is 1.24 bits per heavy atom. The summed E-state index contributed by atoms with van der Waals surface area (Å²) in [5.41, 5.74) is -1.18. The van der Waals surface area contributed by atoms with Gasteiger partial charge in [0.15, 0.2) is 0 Å². The van der Waals surface area contributed by atoms with E-state index >= 15 is 0 Å². The van der Waals surface area contributed by atoms with Crippen molar-refractivity contribution in [2.24, 2.45) is 0 Å². The van der Waals surface area contributed by atoms with Gasteiger partial charge in [0.2, 0.25) is 0 Å². The number of hydrogen-bond donors (Lipinski definition) is 0. The molecule has 0 bridgehead atoms. The molecule has 17 heavy (non-hydrogen) atoms. The van der Waals surface area contributed by atoms with Gasteiger partial charge in [-0.1, -0.05) is 5.92 Å². The molecule has 0 aliphatic heterocycles. The molecular formula is C13H13F3O. The number of ether oxygens (including phenoxy) is 1. The first-order valence-electron chi connectivity index (χ1n) is 4.96. The highest BCUT2D eigenvalue weighted by Crippen LogP contribution is 2.37. The van der Waals surface area contributed by atoms with E-state index in [1.54, 1.807) is 13.8 Å². The molecule has 0 heterocycles. The molecule has 0 unspecified atom stereocenters. The maximum Gasteiger partial charge on any atom is 0.416 e. The van der Waals surface area contributed by atoms with E-state index in [0.29, 0.717) is 11.3 Å². The third-order valence-corrected chi connectivity index (χ3v) is 2.56. The van der Waals surface area contributed by atoms with Crippen molar-refractivity contribution in [3.05, 3.63) is 29.3 Å². The Morgan fingerprint density at radius 2 is 1.82 bits per heavy atom. The van der Waals surface area contributed by atoms with Gasteiger partial charge in [-0.05, 0) is 32.0 Å². The SMILES string of the molecule is C#CC(C)(C)c1cc(C(F)(F)F)ccc1OC.